The molecule has 1 atom stereocenters. The van der Waals surface area contributed by atoms with Gasteiger partial charge in [-0.3, -0.25) is 0 Å². The lowest BCUT2D eigenvalue weighted by molar-refractivity contribution is 0.345. The van der Waals surface area contributed by atoms with E-state index in [2.05, 4.69) is 18.6 Å². The Kier molecular flexibility index (Phi) is 6.99. The Labute approximate surface area is 126 Å². The van der Waals surface area contributed by atoms with Crippen LogP contribution in [0.15, 0.2) is 16.3 Å². The van der Waals surface area contributed by atoms with Crippen molar-refractivity contribution in [3.05, 3.63) is 17.0 Å². The van der Waals surface area contributed by atoms with Crippen molar-refractivity contribution in [2.45, 2.75) is 43.9 Å². The lowest BCUT2D eigenvalue weighted by atomic mass is 9.92. The van der Waals surface area contributed by atoms with Crippen LogP contribution in [0.4, 0.5) is 0 Å². The number of sulfonamides is 1. The van der Waals surface area contributed by atoms with Crippen LogP contribution >= 0.6 is 23.7 Å². The van der Waals surface area contributed by atoms with E-state index in [0.29, 0.717) is 16.5 Å². The maximum atomic E-state index is 12.2. The van der Waals surface area contributed by atoms with Crippen LogP contribution in [-0.4, -0.2) is 20.5 Å². The van der Waals surface area contributed by atoms with Gasteiger partial charge in [-0.2, -0.15) is 0 Å². The average molecular weight is 327 g/mol. The maximum absolute atomic E-state index is 12.2. The van der Waals surface area contributed by atoms with E-state index < -0.39 is 15.6 Å². The molecule has 1 heterocycles. The number of thiophene rings is 1. The first kappa shape index (κ1) is 18.9. The van der Waals surface area contributed by atoms with Crippen LogP contribution < -0.4 is 10.5 Å². The first-order valence-corrected chi connectivity index (χ1v) is 8.29. The molecule has 0 spiro atoms. The number of hydrogen-bond acceptors (Lipinski definition) is 4. The average Bonchev–Trinajstić information content (AvgIpc) is 2.63. The lowest BCUT2D eigenvalue weighted by Gasteiger charge is -2.30. The van der Waals surface area contributed by atoms with Gasteiger partial charge < -0.3 is 5.73 Å². The Morgan fingerprint density at radius 2 is 2.00 bits per heavy atom. The summed E-state index contributed by atoms with van der Waals surface area (Å²) in [6.45, 7) is 8.13. The quantitative estimate of drug-likeness (QED) is 0.843. The first-order chi connectivity index (χ1) is 8.18. The van der Waals surface area contributed by atoms with Crippen molar-refractivity contribution in [1.82, 2.24) is 4.72 Å². The summed E-state index contributed by atoms with van der Waals surface area (Å²) in [6.07, 6.45) is 0.715. The molecule has 0 bridgehead atoms. The number of nitrogens with one attached hydrogen (secondary N) is 1. The standard InChI is InChI=1S/C12H22N2O2S2.ClH/c1-9(2)7-12(4,8-13)14-18(15,16)11-6-5-10(3)17-11;/h5-6,9,14H,7-8,13H2,1-4H3;1H. The minimum Gasteiger partial charge on any atom is -0.329 e. The molecular weight excluding hydrogens is 304 g/mol. The topological polar surface area (TPSA) is 72.2 Å². The van der Waals surface area contributed by atoms with Crippen molar-refractivity contribution in [1.29, 1.82) is 0 Å². The van der Waals surface area contributed by atoms with Gasteiger partial charge in [0.25, 0.3) is 10.0 Å². The Morgan fingerprint density at radius 3 is 2.37 bits per heavy atom. The second kappa shape index (κ2) is 7.04. The Bertz CT molecular complexity index is 500. The van der Waals surface area contributed by atoms with Crippen molar-refractivity contribution in [3.63, 3.8) is 0 Å². The molecule has 3 N–H and O–H groups in total. The highest BCUT2D eigenvalue weighted by molar-refractivity contribution is 7.91. The Morgan fingerprint density at radius 1 is 1.42 bits per heavy atom. The molecule has 0 saturated heterocycles. The second-order valence-electron chi connectivity index (χ2n) is 5.33. The van der Waals surface area contributed by atoms with Gasteiger partial charge in [-0.15, -0.1) is 23.7 Å². The molecule has 0 aliphatic rings. The zero-order valence-corrected chi connectivity index (χ0v) is 14.2. The SMILES string of the molecule is Cc1ccc(S(=O)(=O)NC(C)(CN)CC(C)C)s1.Cl. The van der Waals surface area contributed by atoms with Crippen LogP contribution in [0, 0.1) is 12.8 Å². The largest absolute Gasteiger partial charge is 0.329 e. The third kappa shape index (κ3) is 5.39. The van der Waals surface area contributed by atoms with E-state index in [0.717, 1.165) is 4.88 Å². The zero-order chi connectivity index (χ0) is 14.0. The Hall–Kier alpha value is -0.140. The fourth-order valence-corrected chi connectivity index (χ4v) is 4.71. The van der Waals surface area contributed by atoms with Gasteiger partial charge in [0.1, 0.15) is 4.21 Å². The predicted octanol–water partition coefficient (Wildman–Crippen LogP) is 2.52. The molecule has 0 saturated carbocycles. The third-order valence-electron chi connectivity index (χ3n) is 2.67. The highest BCUT2D eigenvalue weighted by atomic mass is 35.5. The molecule has 1 rings (SSSR count). The van der Waals surface area contributed by atoms with Gasteiger partial charge in [0.15, 0.2) is 0 Å². The minimum absolute atomic E-state index is 0. The van der Waals surface area contributed by atoms with Gasteiger partial charge in [0.2, 0.25) is 0 Å². The van der Waals surface area contributed by atoms with E-state index in [9.17, 15) is 8.42 Å². The van der Waals surface area contributed by atoms with E-state index >= 15 is 0 Å². The molecule has 4 nitrogen and oxygen atoms in total. The highest BCUT2D eigenvalue weighted by Gasteiger charge is 2.30. The highest BCUT2D eigenvalue weighted by Crippen LogP contribution is 2.24. The molecule has 0 amide bonds. The second-order valence-corrected chi connectivity index (χ2v) is 8.53. The molecule has 1 aromatic heterocycles. The maximum Gasteiger partial charge on any atom is 0.250 e. The fourth-order valence-electron chi connectivity index (χ4n) is 2.00. The summed E-state index contributed by atoms with van der Waals surface area (Å²) in [5.74, 6) is 0.381. The van der Waals surface area contributed by atoms with Crippen LogP contribution in [0.25, 0.3) is 0 Å². The monoisotopic (exact) mass is 326 g/mol. The predicted molar refractivity (Wildman–Crippen MR) is 83.5 cm³/mol. The van der Waals surface area contributed by atoms with E-state index in [1.54, 1.807) is 6.07 Å². The summed E-state index contributed by atoms with van der Waals surface area (Å²) in [7, 11) is -3.47. The summed E-state index contributed by atoms with van der Waals surface area (Å²) >= 11 is 1.27. The summed E-state index contributed by atoms with van der Waals surface area (Å²) in [5.41, 5.74) is 5.13. The minimum atomic E-state index is -3.47. The summed E-state index contributed by atoms with van der Waals surface area (Å²) in [6, 6.07) is 3.44. The van der Waals surface area contributed by atoms with Gasteiger partial charge in [-0.05, 0) is 38.3 Å². The van der Waals surface area contributed by atoms with Crippen LogP contribution in [0.5, 0.6) is 0 Å². The molecule has 0 radical (unpaired) electrons. The van der Waals surface area contributed by atoms with Crippen LogP contribution in [0.3, 0.4) is 0 Å². The van der Waals surface area contributed by atoms with Gasteiger partial charge in [-0.1, -0.05) is 13.8 Å². The molecule has 0 aliphatic carbocycles. The van der Waals surface area contributed by atoms with Crippen LogP contribution in [-0.2, 0) is 10.0 Å². The van der Waals surface area contributed by atoms with E-state index in [1.165, 1.54) is 11.3 Å². The van der Waals surface area contributed by atoms with Crippen molar-refractivity contribution in [2.75, 3.05) is 6.54 Å². The molecule has 1 aromatic rings. The van der Waals surface area contributed by atoms with Gasteiger partial charge in [-0.25, -0.2) is 13.1 Å². The zero-order valence-electron chi connectivity index (χ0n) is 11.8. The normalized spacial score (nSPS) is 15.1. The molecular formula is C12H23ClN2O2S2. The van der Waals surface area contributed by atoms with Crippen molar-refractivity contribution < 1.29 is 8.42 Å². The molecule has 0 aromatic carbocycles. The van der Waals surface area contributed by atoms with Crippen LogP contribution in [0.1, 0.15) is 32.1 Å². The lowest BCUT2D eigenvalue weighted by Crippen LogP contribution is -2.51. The smallest absolute Gasteiger partial charge is 0.250 e. The first-order valence-electron chi connectivity index (χ1n) is 5.99. The summed E-state index contributed by atoms with van der Waals surface area (Å²) in [5, 5.41) is 0. The number of rotatable bonds is 6. The Balaban J connectivity index is 0.00000324. The summed E-state index contributed by atoms with van der Waals surface area (Å²) in [4.78, 5) is 0.980. The number of hydrogen-bond donors (Lipinski definition) is 2. The van der Waals surface area contributed by atoms with Crippen molar-refractivity contribution in [2.24, 2.45) is 11.7 Å². The molecule has 19 heavy (non-hydrogen) atoms. The van der Waals surface area contributed by atoms with Crippen molar-refractivity contribution >= 4 is 33.8 Å². The third-order valence-corrected chi connectivity index (χ3v) is 5.80. The molecule has 7 heteroatoms. The fraction of sp³-hybridized carbons (Fsp3) is 0.667. The van der Waals surface area contributed by atoms with Gasteiger partial charge in [0.05, 0.1) is 0 Å². The molecule has 1 unspecified atom stereocenters. The summed E-state index contributed by atoms with van der Waals surface area (Å²) < 4.78 is 27.6. The van der Waals surface area contributed by atoms with Crippen molar-refractivity contribution in [3.8, 4) is 0 Å². The van der Waals surface area contributed by atoms with Crippen LogP contribution in [0.2, 0.25) is 0 Å². The molecule has 0 fully saturated rings. The van der Waals surface area contributed by atoms with E-state index in [4.69, 9.17) is 5.73 Å². The molecule has 0 aliphatic heterocycles. The number of nitrogens with two attached hydrogens (primary N) is 1. The van der Waals surface area contributed by atoms with Gasteiger partial charge >= 0.3 is 0 Å². The van der Waals surface area contributed by atoms with E-state index in [-0.39, 0.29) is 19.0 Å². The van der Waals surface area contributed by atoms with E-state index in [1.807, 2.05) is 19.9 Å². The van der Waals surface area contributed by atoms with Gasteiger partial charge in [0, 0.05) is 17.0 Å². The number of aryl methyl sites for hydroxylation is 1. The molecule has 112 valence electrons. The number of halogens is 1.